The molecule has 1 heterocycles. The summed E-state index contributed by atoms with van der Waals surface area (Å²) in [4.78, 5) is 11.7. The highest BCUT2D eigenvalue weighted by Gasteiger charge is 1.95. The third-order valence-corrected chi connectivity index (χ3v) is 1.97. The van der Waals surface area contributed by atoms with Gasteiger partial charge >= 0.3 is 0 Å². The lowest BCUT2D eigenvalue weighted by Gasteiger charge is -1.90. The van der Waals surface area contributed by atoms with E-state index < -0.39 is 5.91 Å². The SMILES string of the molecule is N#CCC(=O)N/N=C\c1cccs1. The Morgan fingerprint density at radius 2 is 2.69 bits per heavy atom. The first kappa shape index (κ1) is 9.42. The van der Waals surface area contributed by atoms with E-state index in [0.29, 0.717) is 0 Å². The van der Waals surface area contributed by atoms with E-state index in [1.807, 2.05) is 17.5 Å². The van der Waals surface area contributed by atoms with Crippen LogP contribution in [0, 0.1) is 11.3 Å². The zero-order chi connectivity index (χ0) is 9.52. The molecule has 0 saturated carbocycles. The van der Waals surface area contributed by atoms with Gasteiger partial charge in [-0.3, -0.25) is 4.79 Å². The monoisotopic (exact) mass is 193 g/mol. The zero-order valence-corrected chi connectivity index (χ0v) is 7.54. The molecule has 0 aliphatic carbocycles. The van der Waals surface area contributed by atoms with Gasteiger partial charge in [-0.25, -0.2) is 5.43 Å². The van der Waals surface area contributed by atoms with Crippen molar-refractivity contribution in [1.82, 2.24) is 5.43 Å². The van der Waals surface area contributed by atoms with Crippen LogP contribution in [0.1, 0.15) is 11.3 Å². The summed E-state index contributed by atoms with van der Waals surface area (Å²) < 4.78 is 0. The molecule has 4 nitrogen and oxygen atoms in total. The average Bonchev–Trinajstić information content (AvgIpc) is 2.57. The highest BCUT2D eigenvalue weighted by atomic mass is 32.1. The van der Waals surface area contributed by atoms with E-state index in [-0.39, 0.29) is 6.42 Å². The number of hydrogen-bond donors (Lipinski definition) is 1. The minimum Gasteiger partial charge on any atom is -0.272 e. The van der Waals surface area contributed by atoms with E-state index in [2.05, 4.69) is 10.5 Å². The molecule has 0 atom stereocenters. The lowest BCUT2D eigenvalue weighted by molar-refractivity contribution is -0.120. The molecule has 0 aromatic carbocycles. The topological polar surface area (TPSA) is 65.2 Å². The number of nitrogens with zero attached hydrogens (tertiary/aromatic N) is 2. The number of carbonyl (C=O) groups is 1. The molecule has 1 aromatic rings. The summed E-state index contributed by atoms with van der Waals surface area (Å²) in [6.45, 7) is 0. The number of nitrogens with one attached hydrogen (secondary N) is 1. The highest BCUT2D eigenvalue weighted by Crippen LogP contribution is 2.03. The minimum atomic E-state index is -0.393. The van der Waals surface area contributed by atoms with Crippen LogP contribution in [0.15, 0.2) is 22.6 Å². The molecule has 0 bridgehead atoms. The van der Waals surface area contributed by atoms with Crippen molar-refractivity contribution in [2.75, 3.05) is 0 Å². The summed E-state index contributed by atoms with van der Waals surface area (Å²) in [6, 6.07) is 5.50. The molecule has 0 radical (unpaired) electrons. The number of amides is 1. The van der Waals surface area contributed by atoms with E-state index in [0.717, 1.165) is 4.88 Å². The fourth-order valence-electron chi connectivity index (χ4n) is 0.644. The van der Waals surface area contributed by atoms with E-state index >= 15 is 0 Å². The van der Waals surface area contributed by atoms with Crippen LogP contribution in [0.4, 0.5) is 0 Å². The van der Waals surface area contributed by atoms with Crippen molar-refractivity contribution in [3.8, 4) is 6.07 Å². The van der Waals surface area contributed by atoms with Crippen LogP contribution < -0.4 is 5.43 Å². The normalized spacial score (nSPS) is 9.77. The number of nitriles is 1. The van der Waals surface area contributed by atoms with Gasteiger partial charge in [-0.1, -0.05) is 6.07 Å². The molecular weight excluding hydrogens is 186 g/mol. The molecule has 0 spiro atoms. The lowest BCUT2D eigenvalue weighted by Crippen LogP contribution is -2.15. The van der Waals surface area contributed by atoms with Crippen molar-refractivity contribution in [3.63, 3.8) is 0 Å². The molecular formula is C8H7N3OS. The van der Waals surface area contributed by atoms with Gasteiger partial charge in [0.05, 0.1) is 12.3 Å². The van der Waals surface area contributed by atoms with E-state index in [1.165, 1.54) is 11.3 Å². The first-order valence-electron chi connectivity index (χ1n) is 3.55. The van der Waals surface area contributed by atoms with Gasteiger partial charge in [-0.2, -0.15) is 10.4 Å². The number of thiophene rings is 1. The maximum Gasteiger partial charge on any atom is 0.254 e. The minimum absolute atomic E-state index is 0.165. The Morgan fingerprint density at radius 3 is 3.31 bits per heavy atom. The maximum absolute atomic E-state index is 10.7. The van der Waals surface area contributed by atoms with Crippen molar-refractivity contribution in [2.24, 2.45) is 5.10 Å². The van der Waals surface area contributed by atoms with Crippen LogP contribution in [0.25, 0.3) is 0 Å². The van der Waals surface area contributed by atoms with E-state index in [1.54, 1.807) is 12.3 Å². The molecule has 1 amide bonds. The third-order valence-electron chi connectivity index (χ3n) is 1.16. The van der Waals surface area contributed by atoms with Gasteiger partial charge in [-0.05, 0) is 11.4 Å². The van der Waals surface area contributed by atoms with Crippen LogP contribution >= 0.6 is 11.3 Å². The Bertz CT molecular complexity index is 337. The molecule has 0 unspecified atom stereocenters. The van der Waals surface area contributed by atoms with Crippen LogP contribution in [0.2, 0.25) is 0 Å². The first-order chi connectivity index (χ1) is 6.33. The van der Waals surface area contributed by atoms with Crippen molar-refractivity contribution < 1.29 is 4.79 Å². The molecule has 0 aliphatic heterocycles. The summed E-state index contributed by atoms with van der Waals surface area (Å²) in [6.07, 6.45) is 1.38. The van der Waals surface area contributed by atoms with Crippen LogP contribution in [-0.2, 0) is 4.79 Å². The Balaban J connectivity index is 2.35. The summed E-state index contributed by atoms with van der Waals surface area (Å²) in [7, 11) is 0. The first-order valence-corrected chi connectivity index (χ1v) is 4.43. The molecule has 1 N–H and O–H groups in total. The molecule has 0 aliphatic rings. The highest BCUT2D eigenvalue weighted by molar-refractivity contribution is 7.11. The number of hydrogen-bond acceptors (Lipinski definition) is 4. The molecule has 13 heavy (non-hydrogen) atoms. The lowest BCUT2D eigenvalue weighted by atomic mass is 10.5. The number of carbonyl (C=O) groups excluding carboxylic acids is 1. The van der Waals surface area contributed by atoms with Gasteiger partial charge in [0.25, 0.3) is 5.91 Å². The number of hydrazone groups is 1. The Kier molecular flexibility index (Phi) is 3.67. The molecule has 5 heteroatoms. The summed E-state index contributed by atoms with van der Waals surface area (Å²) in [5, 5.41) is 13.7. The van der Waals surface area contributed by atoms with Crippen LogP contribution in [0.5, 0.6) is 0 Å². The predicted molar refractivity (Wildman–Crippen MR) is 50.3 cm³/mol. The Hall–Kier alpha value is -1.67. The standard InChI is InChI=1S/C8H7N3OS/c9-4-3-8(12)11-10-6-7-2-1-5-13-7/h1-2,5-6H,3H2,(H,11,12)/b10-6-. The van der Waals surface area contributed by atoms with Gasteiger partial charge < -0.3 is 0 Å². The molecule has 66 valence electrons. The summed E-state index contributed by atoms with van der Waals surface area (Å²) >= 11 is 1.52. The second kappa shape index (κ2) is 5.06. The predicted octanol–water partition coefficient (Wildman–Crippen LogP) is 1.11. The van der Waals surface area contributed by atoms with Crippen LogP contribution in [0.3, 0.4) is 0 Å². The second-order valence-electron chi connectivity index (χ2n) is 2.14. The number of rotatable bonds is 3. The molecule has 1 rings (SSSR count). The summed E-state index contributed by atoms with van der Waals surface area (Å²) in [5.74, 6) is -0.393. The average molecular weight is 193 g/mol. The fourth-order valence-corrected chi connectivity index (χ4v) is 1.23. The largest absolute Gasteiger partial charge is 0.272 e. The Morgan fingerprint density at radius 1 is 1.85 bits per heavy atom. The van der Waals surface area contributed by atoms with Gasteiger partial charge in [0.1, 0.15) is 6.42 Å². The maximum atomic E-state index is 10.7. The van der Waals surface area contributed by atoms with Gasteiger partial charge in [-0.15, -0.1) is 11.3 Å². The van der Waals surface area contributed by atoms with Gasteiger partial charge in [0.15, 0.2) is 0 Å². The van der Waals surface area contributed by atoms with Crippen molar-refractivity contribution in [2.45, 2.75) is 6.42 Å². The van der Waals surface area contributed by atoms with E-state index in [9.17, 15) is 4.79 Å². The molecule has 0 fully saturated rings. The van der Waals surface area contributed by atoms with Gasteiger partial charge in [0.2, 0.25) is 0 Å². The second-order valence-corrected chi connectivity index (χ2v) is 3.12. The Labute approximate surface area is 79.5 Å². The zero-order valence-electron chi connectivity index (χ0n) is 6.73. The quantitative estimate of drug-likeness (QED) is 0.577. The van der Waals surface area contributed by atoms with Crippen molar-refractivity contribution >= 4 is 23.5 Å². The molecule has 1 aromatic heterocycles. The summed E-state index contributed by atoms with van der Waals surface area (Å²) in [5.41, 5.74) is 2.24. The third kappa shape index (κ3) is 3.49. The van der Waals surface area contributed by atoms with E-state index in [4.69, 9.17) is 5.26 Å². The van der Waals surface area contributed by atoms with Crippen molar-refractivity contribution in [3.05, 3.63) is 22.4 Å². The van der Waals surface area contributed by atoms with Crippen LogP contribution in [-0.4, -0.2) is 12.1 Å². The fraction of sp³-hybridized carbons (Fsp3) is 0.125. The smallest absolute Gasteiger partial charge is 0.254 e. The van der Waals surface area contributed by atoms with Crippen molar-refractivity contribution in [1.29, 1.82) is 5.26 Å². The molecule has 0 saturated heterocycles. The van der Waals surface area contributed by atoms with Gasteiger partial charge in [0, 0.05) is 4.88 Å².